The first-order valence-corrected chi connectivity index (χ1v) is 11.4. The maximum absolute atomic E-state index is 5.60. The van der Waals surface area contributed by atoms with Crippen LogP contribution in [0.15, 0.2) is 48.5 Å². The van der Waals surface area contributed by atoms with Crippen molar-refractivity contribution < 1.29 is 9.47 Å². The second-order valence-electron chi connectivity index (χ2n) is 7.82. The second kappa shape index (κ2) is 14.2. The van der Waals surface area contributed by atoms with Crippen LogP contribution in [0.3, 0.4) is 0 Å². The summed E-state index contributed by atoms with van der Waals surface area (Å²) in [4.78, 5) is 0. The molecule has 0 saturated heterocycles. The lowest BCUT2D eigenvalue weighted by Crippen LogP contribution is -2.15. The predicted octanol–water partition coefficient (Wildman–Crippen LogP) is 8.11. The van der Waals surface area contributed by atoms with Gasteiger partial charge in [0.2, 0.25) is 0 Å². The number of aryl methyl sites for hydroxylation is 1. The molecule has 0 aliphatic rings. The van der Waals surface area contributed by atoms with E-state index in [4.69, 9.17) is 9.47 Å². The first kappa shape index (κ1) is 25.2. The minimum absolute atomic E-state index is 0.181. The molecule has 0 heterocycles. The predicted molar refractivity (Wildman–Crippen MR) is 126 cm³/mol. The summed E-state index contributed by atoms with van der Waals surface area (Å²) in [5.74, 6) is 2.18. The van der Waals surface area contributed by atoms with Crippen LogP contribution in [-0.2, 0) is 11.2 Å². The summed E-state index contributed by atoms with van der Waals surface area (Å²) in [6.07, 6.45) is 4.66. The molecule has 3 unspecified atom stereocenters. The topological polar surface area (TPSA) is 18.5 Å². The summed E-state index contributed by atoms with van der Waals surface area (Å²) in [6.45, 7) is 15.7. The SMILES string of the molecule is CCCc1ccc(C(C)CC)cc1.CCOC(C)Oc1ccc(C(C)CC)cc1. The Labute approximate surface area is 179 Å². The first-order chi connectivity index (χ1) is 13.9. The molecule has 0 aliphatic carbocycles. The van der Waals surface area contributed by atoms with Gasteiger partial charge in [-0.1, -0.05) is 77.4 Å². The molecule has 2 heteroatoms. The molecule has 162 valence electrons. The molecular weight excluding hydrogens is 356 g/mol. The normalized spacial score (nSPS) is 13.8. The van der Waals surface area contributed by atoms with Crippen molar-refractivity contribution >= 4 is 0 Å². The van der Waals surface area contributed by atoms with Crippen molar-refractivity contribution in [3.05, 3.63) is 65.2 Å². The number of hydrogen-bond donors (Lipinski definition) is 0. The Morgan fingerprint density at radius 1 is 0.690 bits per heavy atom. The molecule has 0 saturated carbocycles. The number of benzene rings is 2. The van der Waals surface area contributed by atoms with Crippen LogP contribution in [0.2, 0.25) is 0 Å². The van der Waals surface area contributed by atoms with Crippen molar-refractivity contribution in [2.75, 3.05) is 6.61 Å². The van der Waals surface area contributed by atoms with Crippen LogP contribution in [0.5, 0.6) is 5.75 Å². The molecule has 2 aromatic rings. The van der Waals surface area contributed by atoms with Gasteiger partial charge in [0.15, 0.2) is 6.29 Å². The molecule has 0 aromatic heterocycles. The molecule has 0 radical (unpaired) electrons. The number of ether oxygens (including phenoxy) is 2. The van der Waals surface area contributed by atoms with Gasteiger partial charge >= 0.3 is 0 Å². The van der Waals surface area contributed by atoms with Crippen molar-refractivity contribution in [2.24, 2.45) is 0 Å². The molecule has 0 bridgehead atoms. The van der Waals surface area contributed by atoms with Crippen molar-refractivity contribution in [2.45, 2.75) is 92.3 Å². The zero-order valence-electron chi connectivity index (χ0n) is 19.7. The Morgan fingerprint density at radius 2 is 1.17 bits per heavy atom. The van der Waals surface area contributed by atoms with Crippen LogP contribution in [0.1, 0.15) is 96.3 Å². The van der Waals surface area contributed by atoms with E-state index in [9.17, 15) is 0 Å². The van der Waals surface area contributed by atoms with E-state index >= 15 is 0 Å². The van der Waals surface area contributed by atoms with Gasteiger partial charge in [0.25, 0.3) is 0 Å². The Morgan fingerprint density at radius 3 is 1.59 bits per heavy atom. The Kier molecular flexibility index (Phi) is 12.4. The lowest BCUT2D eigenvalue weighted by atomic mass is 9.97. The highest BCUT2D eigenvalue weighted by Crippen LogP contribution is 2.22. The van der Waals surface area contributed by atoms with Crippen molar-refractivity contribution in [3.8, 4) is 5.75 Å². The Hall–Kier alpha value is -1.80. The molecule has 0 aliphatic heterocycles. The zero-order chi connectivity index (χ0) is 21.6. The van der Waals surface area contributed by atoms with Crippen LogP contribution < -0.4 is 4.74 Å². The number of hydrogen-bond acceptors (Lipinski definition) is 2. The smallest absolute Gasteiger partial charge is 0.196 e. The third-order valence-corrected chi connectivity index (χ3v) is 5.46. The third-order valence-electron chi connectivity index (χ3n) is 5.46. The summed E-state index contributed by atoms with van der Waals surface area (Å²) < 4.78 is 10.9. The molecule has 2 aromatic carbocycles. The zero-order valence-corrected chi connectivity index (χ0v) is 19.7. The van der Waals surface area contributed by atoms with Crippen LogP contribution in [-0.4, -0.2) is 12.9 Å². The fraction of sp³-hybridized carbons (Fsp3) is 0.556. The van der Waals surface area contributed by atoms with Gasteiger partial charge in [-0.05, 0) is 73.8 Å². The lowest BCUT2D eigenvalue weighted by Gasteiger charge is -2.15. The van der Waals surface area contributed by atoms with E-state index in [0.717, 1.165) is 12.2 Å². The van der Waals surface area contributed by atoms with E-state index in [0.29, 0.717) is 18.4 Å². The fourth-order valence-electron chi connectivity index (χ4n) is 3.11. The van der Waals surface area contributed by atoms with Crippen molar-refractivity contribution in [3.63, 3.8) is 0 Å². The molecule has 29 heavy (non-hydrogen) atoms. The lowest BCUT2D eigenvalue weighted by molar-refractivity contribution is -0.0613. The highest BCUT2D eigenvalue weighted by atomic mass is 16.7. The first-order valence-electron chi connectivity index (χ1n) is 11.4. The van der Waals surface area contributed by atoms with E-state index in [1.807, 2.05) is 26.0 Å². The third kappa shape index (κ3) is 9.49. The van der Waals surface area contributed by atoms with Crippen LogP contribution in [0.4, 0.5) is 0 Å². The van der Waals surface area contributed by atoms with Gasteiger partial charge in [0.05, 0.1) is 0 Å². The summed E-state index contributed by atoms with van der Waals surface area (Å²) >= 11 is 0. The van der Waals surface area contributed by atoms with Gasteiger partial charge in [-0.15, -0.1) is 0 Å². The minimum Gasteiger partial charge on any atom is -0.465 e. The maximum Gasteiger partial charge on any atom is 0.196 e. The summed E-state index contributed by atoms with van der Waals surface area (Å²) in [5, 5.41) is 0. The molecule has 3 atom stereocenters. The maximum atomic E-state index is 5.60. The Balaban J connectivity index is 0.000000296. The average Bonchev–Trinajstić information content (AvgIpc) is 2.74. The quantitative estimate of drug-likeness (QED) is 0.376. The van der Waals surface area contributed by atoms with E-state index < -0.39 is 0 Å². The van der Waals surface area contributed by atoms with E-state index in [1.165, 1.54) is 36.0 Å². The summed E-state index contributed by atoms with van der Waals surface area (Å²) in [7, 11) is 0. The molecule has 0 N–H and O–H groups in total. The minimum atomic E-state index is -0.181. The summed E-state index contributed by atoms with van der Waals surface area (Å²) in [6, 6.07) is 17.4. The molecule has 2 rings (SSSR count). The highest BCUT2D eigenvalue weighted by molar-refractivity contribution is 5.29. The molecule has 2 nitrogen and oxygen atoms in total. The van der Waals surface area contributed by atoms with Gasteiger partial charge in [-0.3, -0.25) is 0 Å². The van der Waals surface area contributed by atoms with Crippen molar-refractivity contribution in [1.29, 1.82) is 0 Å². The Bertz CT molecular complexity index is 645. The fourth-order valence-corrected chi connectivity index (χ4v) is 3.11. The van der Waals surface area contributed by atoms with Crippen LogP contribution in [0, 0.1) is 0 Å². The molecule has 0 fully saturated rings. The van der Waals surface area contributed by atoms with Gasteiger partial charge in [0, 0.05) is 6.61 Å². The second-order valence-corrected chi connectivity index (χ2v) is 7.82. The van der Waals surface area contributed by atoms with Crippen molar-refractivity contribution in [1.82, 2.24) is 0 Å². The monoisotopic (exact) mass is 398 g/mol. The van der Waals surface area contributed by atoms with E-state index in [-0.39, 0.29) is 6.29 Å². The van der Waals surface area contributed by atoms with Gasteiger partial charge in [0.1, 0.15) is 5.75 Å². The average molecular weight is 399 g/mol. The van der Waals surface area contributed by atoms with E-state index in [2.05, 4.69) is 71.0 Å². The molecule has 0 amide bonds. The van der Waals surface area contributed by atoms with Crippen LogP contribution >= 0.6 is 0 Å². The van der Waals surface area contributed by atoms with Gasteiger partial charge < -0.3 is 9.47 Å². The molecular formula is C27H42O2. The van der Waals surface area contributed by atoms with Gasteiger partial charge in [-0.25, -0.2) is 0 Å². The van der Waals surface area contributed by atoms with Gasteiger partial charge in [-0.2, -0.15) is 0 Å². The largest absolute Gasteiger partial charge is 0.465 e. The van der Waals surface area contributed by atoms with E-state index in [1.54, 1.807) is 0 Å². The standard InChI is InChI=1S/C14H22O2.C13H20/c1-5-11(3)13-7-9-14(10-8-13)16-12(4)15-6-2;1-4-6-12-7-9-13(10-8-12)11(3)5-2/h7-12H,5-6H2,1-4H3;7-11H,4-6H2,1-3H3. The highest BCUT2D eigenvalue weighted by Gasteiger charge is 2.05. The van der Waals surface area contributed by atoms with Crippen LogP contribution in [0.25, 0.3) is 0 Å². The molecule has 0 spiro atoms. The number of rotatable bonds is 10. The summed E-state index contributed by atoms with van der Waals surface area (Å²) in [5.41, 5.74) is 4.30.